The molecule has 0 saturated heterocycles. The fourth-order valence-corrected chi connectivity index (χ4v) is 3.69. The number of carboxylic acids is 1. The van der Waals surface area contributed by atoms with E-state index in [0.29, 0.717) is 12.3 Å². The average molecular weight is 325 g/mol. The van der Waals surface area contributed by atoms with Crippen molar-refractivity contribution in [2.24, 2.45) is 11.8 Å². The van der Waals surface area contributed by atoms with E-state index in [1.54, 1.807) is 0 Å². The highest BCUT2D eigenvalue weighted by Gasteiger charge is 2.22. The maximum Gasteiger partial charge on any atom is 0.321 e. The van der Waals surface area contributed by atoms with E-state index < -0.39 is 12.0 Å². The van der Waals surface area contributed by atoms with Crippen LogP contribution in [0.1, 0.15) is 38.2 Å². The summed E-state index contributed by atoms with van der Waals surface area (Å²) in [6.07, 6.45) is 5.51. The highest BCUT2D eigenvalue weighted by Crippen LogP contribution is 2.27. The Morgan fingerprint density at radius 1 is 1.12 bits per heavy atom. The van der Waals surface area contributed by atoms with Crippen molar-refractivity contribution in [1.82, 2.24) is 5.32 Å². The molecule has 2 N–H and O–H groups in total. The lowest BCUT2D eigenvalue weighted by atomic mass is 9.83. The Labute approximate surface area is 144 Å². The minimum absolute atomic E-state index is 0.509. The fourth-order valence-electron chi connectivity index (χ4n) is 3.69. The average Bonchev–Trinajstić information content (AvgIpc) is 2.59. The number of hydrogen-bond acceptors (Lipinski definition) is 2. The molecule has 0 bridgehead atoms. The molecule has 3 heteroatoms. The molecule has 3 nitrogen and oxygen atoms in total. The van der Waals surface area contributed by atoms with Crippen LogP contribution in [0.4, 0.5) is 0 Å². The maximum absolute atomic E-state index is 11.6. The summed E-state index contributed by atoms with van der Waals surface area (Å²) in [6, 6.07) is 13.9. The molecule has 1 aliphatic rings. The van der Waals surface area contributed by atoms with Gasteiger partial charge in [0.25, 0.3) is 0 Å². The minimum atomic E-state index is -0.757. The van der Waals surface area contributed by atoms with Crippen molar-refractivity contribution in [1.29, 1.82) is 0 Å². The van der Waals surface area contributed by atoms with Gasteiger partial charge in [0.2, 0.25) is 0 Å². The fraction of sp³-hybridized carbons (Fsp3) is 0.476. The van der Waals surface area contributed by atoms with Gasteiger partial charge in [0, 0.05) is 0 Å². The van der Waals surface area contributed by atoms with Crippen molar-refractivity contribution < 1.29 is 9.90 Å². The van der Waals surface area contributed by atoms with Gasteiger partial charge in [0.1, 0.15) is 6.04 Å². The molecule has 0 aliphatic heterocycles. The van der Waals surface area contributed by atoms with Gasteiger partial charge in [0.05, 0.1) is 0 Å². The van der Waals surface area contributed by atoms with Crippen LogP contribution in [0.2, 0.25) is 0 Å². The summed E-state index contributed by atoms with van der Waals surface area (Å²) >= 11 is 0. The number of rotatable bonds is 6. The molecule has 0 heterocycles. The standard InChI is InChI=1S/C21H27NO2/c1-15-6-8-16(9-7-15)14-22-20(21(23)24)13-17-10-11-18-4-2-3-5-19(18)12-17/h2-5,10-12,15-16,20,22H,6-9,13-14H2,1H3,(H,23,24)/t15?,16?,20-/m0/s1. The van der Waals surface area contributed by atoms with Gasteiger partial charge < -0.3 is 10.4 Å². The van der Waals surface area contributed by atoms with E-state index in [2.05, 4.69) is 36.5 Å². The third-order valence-corrected chi connectivity index (χ3v) is 5.34. The Morgan fingerprint density at radius 3 is 2.54 bits per heavy atom. The summed E-state index contributed by atoms with van der Waals surface area (Å²) in [7, 11) is 0. The van der Waals surface area contributed by atoms with Crippen molar-refractivity contribution in [2.45, 2.75) is 45.1 Å². The molecule has 0 unspecified atom stereocenters. The number of aliphatic carboxylic acids is 1. The lowest BCUT2D eigenvalue weighted by Crippen LogP contribution is -2.41. The zero-order valence-electron chi connectivity index (χ0n) is 14.4. The van der Waals surface area contributed by atoms with Crippen LogP contribution in [-0.2, 0) is 11.2 Å². The Morgan fingerprint density at radius 2 is 1.83 bits per heavy atom. The smallest absolute Gasteiger partial charge is 0.321 e. The second-order valence-electron chi connectivity index (χ2n) is 7.31. The van der Waals surface area contributed by atoms with Crippen LogP contribution in [-0.4, -0.2) is 23.7 Å². The first kappa shape index (κ1) is 17.0. The number of benzene rings is 2. The van der Waals surface area contributed by atoms with Crippen molar-refractivity contribution in [3.8, 4) is 0 Å². The van der Waals surface area contributed by atoms with E-state index in [9.17, 15) is 9.90 Å². The topological polar surface area (TPSA) is 49.3 Å². The highest BCUT2D eigenvalue weighted by molar-refractivity contribution is 5.83. The number of nitrogens with one attached hydrogen (secondary N) is 1. The Hall–Kier alpha value is -1.87. The first-order valence-electron chi connectivity index (χ1n) is 9.05. The van der Waals surface area contributed by atoms with E-state index in [-0.39, 0.29) is 0 Å². The van der Waals surface area contributed by atoms with Crippen LogP contribution in [0, 0.1) is 11.8 Å². The minimum Gasteiger partial charge on any atom is -0.480 e. The third kappa shape index (κ3) is 4.35. The van der Waals surface area contributed by atoms with Gasteiger partial charge in [-0.25, -0.2) is 0 Å². The number of carboxylic acid groups (broad SMARTS) is 1. The molecule has 1 atom stereocenters. The van der Waals surface area contributed by atoms with Crippen molar-refractivity contribution in [3.05, 3.63) is 48.0 Å². The highest BCUT2D eigenvalue weighted by atomic mass is 16.4. The molecular weight excluding hydrogens is 298 g/mol. The monoisotopic (exact) mass is 325 g/mol. The zero-order chi connectivity index (χ0) is 16.9. The van der Waals surface area contributed by atoms with Gasteiger partial charge in [-0.05, 0) is 54.0 Å². The summed E-state index contributed by atoms with van der Waals surface area (Å²) in [6.45, 7) is 3.13. The third-order valence-electron chi connectivity index (χ3n) is 5.34. The van der Waals surface area contributed by atoms with Gasteiger partial charge in [-0.2, -0.15) is 0 Å². The predicted octanol–water partition coefficient (Wildman–Crippen LogP) is 4.25. The Bertz CT molecular complexity index is 689. The van der Waals surface area contributed by atoms with Crippen molar-refractivity contribution in [2.75, 3.05) is 6.54 Å². The number of fused-ring (bicyclic) bond motifs is 1. The molecule has 24 heavy (non-hydrogen) atoms. The molecule has 0 spiro atoms. The second kappa shape index (κ2) is 7.80. The summed E-state index contributed by atoms with van der Waals surface area (Å²) in [5.74, 6) is 0.695. The van der Waals surface area contributed by atoms with Crippen molar-refractivity contribution in [3.63, 3.8) is 0 Å². The lowest BCUT2D eigenvalue weighted by molar-refractivity contribution is -0.139. The molecule has 1 fully saturated rings. The van der Waals surface area contributed by atoms with Crippen molar-refractivity contribution >= 4 is 16.7 Å². The van der Waals surface area contributed by atoms with E-state index in [1.807, 2.05) is 18.2 Å². The van der Waals surface area contributed by atoms with Crippen LogP contribution in [0.25, 0.3) is 10.8 Å². The first-order chi connectivity index (χ1) is 11.6. The molecule has 0 radical (unpaired) electrons. The molecule has 3 rings (SSSR count). The summed E-state index contributed by atoms with van der Waals surface area (Å²) in [4.78, 5) is 11.6. The van der Waals surface area contributed by atoms with Crippen LogP contribution in [0.15, 0.2) is 42.5 Å². The predicted molar refractivity (Wildman–Crippen MR) is 98.2 cm³/mol. The normalized spacial score (nSPS) is 22.4. The maximum atomic E-state index is 11.6. The van der Waals surface area contributed by atoms with Gasteiger partial charge in [0.15, 0.2) is 0 Å². The number of hydrogen-bond donors (Lipinski definition) is 2. The number of carbonyl (C=O) groups is 1. The van der Waals surface area contributed by atoms with E-state index in [4.69, 9.17) is 0 Å². The Balaban J connectivity index is 1.61. The van der Waals surface area contributed by atoms with E-state index in [0.717, 1.165) is 18.0 Å². The van der Waals surface area contributed by atoms with Crippen LogP contribution < -0.4 is 5.32 Å². The molecule has 1 aliphatic carbocycles. The summed E-state index contributed by atoms with van der Waals surface area (Å²) < 4.78 is 0. The summed E-state index contributed by atoms with van der Waals surface area (Å²) in [5.41, 5.74) is 1.07. The first-order valence-corrected chi connectivity index (χ1v) is 9.05. The van der Waals surface area contributed by atoms with Crippen LogP contribution in [0.3, 0.4) is 0 Å². The lowest BCUT2D eigenvalue weighted by Gasteiger charge is -2.27. The molecule has 2 aromatic carbocycles. The largest absolute Gasteiger partial charge is 0.480 e. The molecule has 0 aromatic heterocycles. The molecule has 1 saturated carbocycles. The zero-order valence-corrected chi connectivity index (χ0v) is 14.4. The van der Waals surface area contributed by atoms with Gasteiger partial charge >= 0.3 is 5.97 Å². The molecule has 0 amide bonds. The quantitative estimate of drug-likeness (QED) is 0.834. The van der Waals surface area contributed by atoms with E-state index >= 15 is 0 Å². The van der Waals surface area contributed by atoms with Crippen LogP contribution >= 0.6 is 0 Å². The molecule has 2 aromatic rings. The summed E-state index contributed by atoms with van der Waals surface area (Å²) in [5, 5.41) is 15.2. The van der Waals surface area contributed by atoms with Gasteiger partial charge in [-0.15, -0.1) is 0 Å². The van der Waals surface area contributed by atoms with Crippen LogP contribution in [0.5, 0.6) is 0 Å². The van der Waals surface area contributed by atoms with Gasteiger partial charge in [-0.1, -0.05) is 62.2 Å². The Kier molecular flexibility index (Phi) is 5.52. The van der Waals surface area contributed by atoms with Gasteiger partial charge in [-0.3, -0.25) is 4.79 Å². The molecule has 128 valence electrons. The SMILES string of the molecule is CC1CCC(CN[C@@H](Cc2ccc3ccccc3c2)C(=O)O)CC1. The second-order valence-corrected chi connectivity index (χ2v) is 7.31. The van der Waals surface area contributed by atoms with E-state index in [1.165, 1.54) is 36.5 Å². The molecular formula is C21H27NO2.